The fourth-order valence-corrected chi connectivity index (χ4v) is 0.388. The molecule has 1 N–H and O–H groups in total. The highest BCUT2D eigenvalue weighted by atomic mass is 16.1. The van der Waals surface area contributed by atoms with E-state index in [4.69, 9.17) is 6.42 Å². The van der Waals surface area contributed by atoms with Crippen molar-refractivity contribution < 1.29 is 4.79 Å². The van der Waals surface area contributed by atoms with Crippen LogP contribution in [0.25, 0.3) is 0 Å². The van der Waals surface area contributed by atoms with E-state index in [-0.39, 0.29) is 5.78 Å². The van der Waals surface area contributed by atoms with Crippen LogP contribution in [0.2, 0.25) is 0 Å². The van der Waals surface area contributed by atoms with Crippen molar-refractivity contribution >= 4 is 5.78 Å². The number of carbonyl (C=O) groups excluding carboxylic acids is 1. The van der Waals surface area contributed by atoms with Crippen LogP contribution in [0, 0.1) is 12.3 Å². The first-order valence-electron chi connectivity index (χ1n) is 3.17. The molecule has 0 saturated heterocycles. The van der Waals surface area contributed by atoms with E-state index in [1.807, 2.05) is 6.92 Å². The predicted octanol–water partition coefficient (Wildman–Crippen LogP) is 0.702. The number of allylic oxidation sites excluding steroid dienone is 1. The molecule has 0 atom stereocenters. The molecule has 0 saturated carbocycles. The van der Waals surface area contributed by atoms with Gasteiger partial charge in [0.2, 0.25) is 0 Å². The third-order valence-corrected chi connectivity index (χ3v) is 0.940. The predicted molar refractivity (Wildman–Crippen MR) is 41.3 cm³/mol. The lowest BCUT2D eigenvalue weighted by molar-refractivity contribution is -0.114. The number of terminal acetylenes is 1. The minimum Gasteiger partial charge on any atom is -0.380 e. The first kappa shape index (κ1) is 8.77. The normalized spacial score (nSPS) is 9.20. The lowest BCUT2D eigenvalue weighted by Gasteiger charge is -1.89. The Hall–Kier alpha value is -1.23. The van der Waals surface area contributed by atoms with Gasteiger partial charge in [0.15, 0.2) is 5.78 Å². The lowest BCUT2D eigenvalue weighted by atomic mass is 10.3. The molecule has 0 amide bonds. The van der Waals surface area contributed by atoms with Crippen LogP contribution in [0.5, 0.6) is 0 Å². The second kappa shape index (κ2) is 5.90. The van der Waals surface area contributed by atoms with Crippen molar-refractivity contribution in [2.75, 3.05) is 6.54 Å². The summed E-state index contributed by atoms with van der Waals surface area (Å²) in [7, 11) is 0. The molecular formula is C8H11NO. The topological polar surface area (TPSA) is 29.1 Å². The summed E-state index contributed by atoms with van der Waals surface area (Å²) in [6.07, 6.45) is 8.54. The molecule has 0 unspecified atom stereocenters. The molecule has 0 rings (SSSR count). The summed E-state index contributed by atoms with van der Waals surface area (Å²) < 4.78 is 0. The minimum atomic E-state index is 0.101. The molecular weight excluding hydrogens is 126 g/mol. The van der Waals surface area contributed by atoms with Crippen molar-refractivity contribution in [2.24, 2.45) is 0 Å². The molecule has 10 heavy (non-hydrogen) atoms. The molecule has 0 aromatic rings. The highest BCUT2D eigenvalue weighted by Gasteiger charge is 1.86. The van der Waals surface area contributed by atoms with Crippen molar-refractivity contribution in [3.05, 3.63) is 12.3 Å². The second-order valence-electron chi connectivity index (χ2n) is 1.74. The van der Waals surface area contributed by atoms with Gasteiger partial charge in [-0.1, -0.05) is 12.8 Å². The van der Waals surface area contributed by atoms with Gasteiger partial charge in [-0.25, -0.2) is 0 Å². The zero-order chi connectivity index (χ0) is 7.82. The highest BCUT2D eigenvalue weighted by molar-refractivity contribution is 5.89. The lowest BCUT2D eigenvalue weighted by Crippen LogP contribution is -2.04. The van der Waals surface area contributed by atoms with Crippen molar-refractivity contribution in [1.29, 1.82) is 0 Å². The van der Waals surface area contributed by atoms with Gasteiger partial charge in [-0.15, -0.1) is 6.42 Å². The highest BCUT2D eigenvalue weighted by Crippen LogP contribution is 1.80. The number of nitrogens with one attached hydrogen (secondary N) is 1. The third kappa shape index (κ3) is 4.92. The Morgan fingerprint density at radius 3 is 3.00 bits per heavy atom. The molecule has 0 aliphatic rings. The van der Waals surface area contributed by atoms with Gasteiger partial charge in [-0.3, -0.25) is 4.79 Å². The standard InChI is InChI=1S/C8H11NO/c1-3-6-9-7-5-8(10)4-2/h1,5,7,9H,4,6H2,2H3/b7-5+. The zero-order valence-corrected chi connectivity index (χ0v) is 6.05. The van der Waals surface area contributed by atoms with Gasteiger partial charge >= 0.3 is 0 Å². The van der Waals surface area contributed by atoms with Crippen molar-refractivity contribution in [3.63, 3.8) is 0 Å². The molecule has 54 valence electrons. The van der Waals surface area contributed by atoms with Crippen LogP contribution < -0.4 is 5.32 Å². The smallest absolute Gasteiger partial charge is 0.156 e. The van der Waals surface area contributed by atoms with E-state index < -0.39 is 0 Å². The molecule has 2 heteroatoms. The Bertz CT molecular complexity index is 165. The Kier molecular flexibility index (Phi) is 5.17. The van der Waals surface area contributed by atoms with Crippen LogP contribution in [-0.4, -0.2) is 12.3 Å². The Balaban J connectivity index is 3.38. The maximum absolute atomic E-state index is 10.6. The maximum Gasteiger partial charge on any atom is 0.156 e. The fourth-order valence-electron chi connectivity index (χ4n) is 0.388. The second-order valence-corrected chi connectivity index (χ2v) is 1.74. The van der Waals surface area contributed by atoms with Gasteiger partial charge in [0, 0.05) is 12.6 Å². The summed E-state index contributed by atoms with van der Waals surface area (Å²) in [6, 6.07) is 0. The van der Waals surface area contributed by atoms with Crippen LogP contribution in [0.4, 0.5) is 0 Å². The minimum absolute atomic E-state index is 0.101. The SMILES string of the molecule is C#CCN/C=C/C(=O)CC. The molecule has 0 aliphatic carbocycles. The average Bonchev–Trinajstić information content (AvgIpc) is 1.98. The fraction of sp³-hybridized carbons (Fsp3) is 0.375. The molecule has 0 fully saturated rings. The maximum atomic E-state index is 10.6. The summed E-state index contributed by atoms with van der Waals surface area (Å²) in [5, 5.41) is 2.76. The quantitative estimate of drug-likeness (QED) is 0.351. The number of rotatable bonds is 4. The average molecular weight is 137 g/mol. The van der Waals surface area contributed by atoms with E-state index in [2.05, 4.69) is 11.2 Å². The molecule has 0 aromatic carbocycles. The Morgan fingerprint density at radius 1 is 1.80 bits per heavy atom. The van der Waals surface area contributed by atoms with Crippen molar-refractivity contribution in [2.45, 2.75) is 13.3 Å². The summed E-state index contributed by atoms with van der Waals surface area (Å²) >= 11 is 0. The van der Waals surface area contributed by atoms with E-state index >= 15 is 0 Å². The van der Waals surface area contributed by atoms with E-state index in [0.717, 1.165) is 0 Å². The van der Waals surface area contributed by atoms with E-state index in [1.165, 1.54) is 6.08 Å². The first-order valence-corrected chi connectivity index (χ1v) is 3.17. The number of ketones is 1. The Labute approximate surface area is 61.3 Å². The van der Waals surface area contributed by atoms with Gasteiger partial charge in [0.05, 0.1) is 6.54 Å². The molecule has 0 heterocycles. The van der Waals surface area contributed by atoms with Gasteiger partial charge < -0.3 is 5.32 Å². The molecule has 0 radical (unpaired) electrons. The van der Waals surface area contributed by atoms with Crippen LogP contribution in [-0.2, 0) is 4.79 Å². The van der Waals surface area contributed by atoms with Crippen LogP contribution in [0.15, 0.2) is 12.3 Å². The van der Waals surface area contributed by atoms with Gasteiger partial charge in [0.25, 0.3) is 0 Å². The van der Waals surface area contributed by atoms with Crippen LogP contribution in [0.1, 0.15) is 13.3 Å². The van der Waals surface area contributed by atoms with Crippen molar-refractivity contribution in [3.8, 4) is 12.3 Å². The number of hydrogen-bond donors (Lipinski definition) is 1. The molecule has 0 aromatic heterocycles. The molecule has 0 spiro atoms. The third-order valence-electron chi connectivity index (χ3n) is 0.940. The van der Waals surface area contributed by atoms with E-state index in [0.29, 0.717) is 13.0 Å². The number of carbonyl (C=O) groups is 1. The van der Waals surface area contributed by atoms with Gasteiger partial charge in [0.1, 0.15) is 0 Å². The van der Waals surface area contributed by atoms with Crippen LogP contribution in [0.3, 0.4) is 0 Å². The molecule has 0 aliphatic heterocycles. The molecule has 2 nitrogen and oxygen atoms in total. The largest absolute Gasteiger partial charge is 0.380 e. The van der Waals surface area contributed by atoms with Crippen molar-refractivity contribution in [1.82, 2.24) is 5.32 Å². The monoisotopic (exact) mass is 137 g/mol. The number of hydrogen-bond acceptors (Lipinski definition) is 2. The van der Waals surface area contributed by atoms with Gasteiger partial charge in [-0.2, -0.15) is 0 Å². The zero-order valence-electron chi connectivity index (χ0n) is 6.05. The summed E-state index contributed by atoms with van der Waals surface area (Å²) in [5.74, 6) is 2.49. The summed E-state index contributed by atoms with van der Waals surface area (Å²) in [5.41, 5.74) is 0. The first-order chi connectivity index (χ1) is 4.81. The van der Waals surface area contributed by atoms with E-state index in [9.17, 15) is 4.79 Å². The Morgan fingerprint density at radius 2 is 2.50 bits per heavy atom. The summed E-state index contributed by atoms with van der Waals surface area (Å²) in [6.45, 7) is 2.28. The molecule has 0 bridgehead atoms. The van der Waals surface area contributed by atoms with E-state index in [1.54, 1.807) is 6.20 Å². The summed E-state index contributed by atoms with van der Waals surface area (Å²) in [4.78, 5) is 10.6. The van der Waals surface area contributed by atoms with Gasteiger partial charge in [-0.05, 0) is 6.08 Å². The van der Waals surface area contributed by atoms with Crippen LogP contribution >= 0.6 is 0 Å².